The van der Waals surface area contributed by atoms with Crippen LogP contribution in [0, 0.1) is 0 Å². The van der Waals surface area contributed by atoms with E-state index in [1.807, 2.05) is 0 Å². The van der Waals surface area contributed by atoms with Crippen molar-refractivity contribution in [2.75, 3.05) is 16.8 Å². The van der Waals surface area contributed by atoms with Gasteiger partial charge in [-0.2, -0.15) is 13.2 Å². The van der Waals surface area contributed by atoms with E-state index in [9.17, 15) is 18.0 Å². The van der Waals surface area contributed by atoms with Gasteiger partial charge >= 0.3 is 6.18 Å². The molecule has 1 amide bonds. The summed E-state index contributed by atoms with van der Waals surface area (Å²) in [5.74, 6) is -0.626. The Morgan fingerprint density at radius 2 is 1.57 bits per heavy atom. The van der Waals surface area contributed by atoms with Crippen LogP contribution in [-0.2, 0) is 6.18 Å². The van der Waals surface area contributed by atoms with E-state index in [2.05, 4.69) is 5.32 Å². The molecule has 0 aromatic heterocycles. The van der Waals surface area contributed by atoms with Gasteiger partial charge in [0, 0.05) is 5.69 Å². The average molecular weight is 295 g/mol. The standard InChI is InChI=1S/C14H12F3N3O/c15-14(16,17)10-7-6-9(11(18)12(10)19)13(21)20-8-4-2-1-3-5-8/h1-7H,18-19H2,(H,20,21). The molecular formula is C14H12F3N3O. The molecule has 0 aliphatic carbocycles. The largest absolute Gasteiger partial charge is 0.418 e. The number of nitrogens with two attached hydrogens (primary N) is 2. The molecule has 0 bridgehead atoms. The Kier molecular flexibility index (Phi) is 3.75. The van der Waals surface area contributed by atoms with Gasteiger partial charge in [-0.25, -0.2) is 0 Å². The Balaban J connectivity index is 2.33. The molecule has 5 N–H and O–H groups in total. The summed E-state index contributed by atoms with van der Waals surface area (Å²) in [6.45, 7) is 0. The normalized spacial score (nSPS) is 11.2. The Morgan fingerprint density at radius 1 is 0.952 bits per heavy atom. The number of alkyl halides is 3. The van der Waals surface area contributed by atoms with E-state index in [-0.39, 0.29) is 5.56 Å². The number of halogens is 3. The summed E-state index contributed by atoms with van der Waals surface area (Å²) in [6, 6.07) is 10.2. The van der Waals surface area contributed by atoms with Crippen molar-refractivity contribution in [1.29, 1.82) is 0 Å². The first-order valence-corrected chi connectivity index (χ1v) is 5.92. The first kappa shape index (κ1) is 14.7. The van der Waals surface area contributed by atoms with Gasteiger partial charge in [0.1, 0.15) is 0 Å². The fourth-order valence-electron chi connectivity index (χ4n) is 1.80. The molecule has 0 aliphatic heterocycles. The second kappa shape index (κ2) is 5.35. The van der Waals surface area contributed by atoms with Crippen molar-refractivity contribution < 1.29 is 18.0 Å². The maximum Gasteiger partial charge on any atom is 0.418 e. The Hall–Kier alpha value is -2.70. The third-order valence-corrected chi connectivity index (χ3v) is 2.87. The molecule has 0 spiro atoms. The second-order valence-corrected chi connectivity index (χ2v) is 4.31. The predicted molar refractivity (Wildman–Crippen MR) is 74.7 cm³/mol. The maximum atomic E-state index is 12.7. The average Bonchev–Trinajstić information content (AvgIpc) is 2.41. The number of carbonyl (C=O) groups excluding carboxylic acids is 1. The van der Waals surface area contributed by atoms with Crippen LogP contribution in [0.5, 0.6) is 0 Å². The summed E-state index contributed by atoms with van der Waals surface area (Å²) in [7, 11) is 0. The number of nitrogens with one attached hydrogen (secondary N) is 1. The van der Waals surface area contributed by atoms with Crippen LogP contribution in [0.15, 0.2) is 42.5 Å². The molecule has 0 saturated heterocycles. The number of benzene rings is 2. The molecule has 4 nitrogen and oxygen atoms in total. The third-order valence-electron chi connectivity index (χ3n) is 2.87. The summed E-state index contributed by atoms with van der Waals surface area (Å²) >= 11 is 0. The zero-order valence-electron chi connectivity index (χ0n) is 10.7. The predicted octanol–water partition coefficient (Wildman–Crippen LogP) is 3.12. The van der Waals surface area contributed by atoms with E-state index in [4.69, 9.17) is 11.5 Å². The van der Waals surface area contributed by atoms with Crippen LogP contribution in [0.3, 0.4) is 0 Å². The highest BCUT2D eigenvalue weighted by Gasteiger charge is 2.34. The Bertz CT molecular complexity index is 669. The van der Waals surface area contributed by atoms with Crippen molar-refractivity contribution >= 4 is 23.0 Å². The van der Waals surface area contributed by atoms with Gasteiger partial charge in [0.25, 0.3) is 5.91 Å². The molecule has 0 heterocycles. The fraction of sp³-hybridized carbons (Fsp3) is 0.0714. The smallest absolute Gasteiger partial charge is 0.397 e. The van der Waals surface area contributed by atoms with Crippen molar-refractivity contribution in [2.45, 2.75) is 6.18 Å². The second-order valence-electron chi connectivity index (χ2n) is 4.31. The monoisotopic (exact) mass is 295 g/mol. The zero-order chi connectivity index (χ0) is 15.6. The van der Waals surface area contributed by atoms with Gasteiger partial charge in [0.05, 0.1) is 22.5 Å². The number of hydrogen-bond donors (Lipinski definition) is 3. The molecular weight excluding hydrogens is 283 g/mol. The first-order chi connectivity index (χ1) is 9.80. The van der Waals surface area contributed by atoms with Gasteiger partial charge in [-0.1, -0.05) is 18.2 Å². The van der Waals surface area contributed by atoms with Crippen molar-refractivity contribution in [2.24, 2.45) is 0 Å². The lowest BCUT2D eigenvalue weighted by molar-refractivity contribution is -0.136. The number of carbonyl (C=O) groups is 1. The van der Waals surface area contributed by atoms with Gasteiger partial charge in [-0.15, -0.1) is 0 Å². The molecule has 0 fully saturated rings. The topological polar surface area (TPSA) is 81.1 Å². The fourth-order valence-corrected chi connectivity index (χ4v) is 1.80. The summed E-state index contributed by atoms with van der Waals surface area (Å²) in [4.78, 5) is 12.0. The Morgan fingerprint density at radius 3 is 2.14 bits per heavy atom. The number of hydrogen-bond acceptors (Lipinski definition) is 3. The molecule has 0 radical (unpaired) electrons. The minimum absolute atomic E-state index is 0.107. The van der Waals surface area contributed by atoms with Gasteiger partial charge in [0.2, 0.25) is 0 Å². The highest BCUT2D eigenvalue weighted by Crippen LogP contribution is 2.37. The van der Waals surface area contributed by atoms with Crippen molar-refractivity contribution in [3.8, 4) is 0 Å². The SMILES string of the molecule is Nc1c(C(=O)Nc2ccccc2)ccc(C(F)(F)F)c1N. The van der Waals surface area contributed by atoms with Crippen LogP contribution >= 0.6 is 0 Å². The lowest BCUT2D eigenvalue weighted by atomic mass is 10.1. The van der Waals surface area contributed by atoms with Crippen LogP contribution in [-0.4, -0.2) is 5.91 Å². The van der Waals surface area contributed by atoms with Crippen LogP contribution in [0.25, 0.3) is 0 Å². The molecule has 110 valence electrons. The molecule has 0 saturated carbocycles. The highest BCUT2D eigenvalue weighted by molar-refractivity contribution is 6.09. The summed E-state index contributed by atoms with van der Waals surface area (Å²) in [5, 5.41) is 2.53. The van der Waals surface area contributed by atoms with E-state index >= 15 is 0 Å². The van der Waals surface area contributed by atoms with Crippen LogP contribution in [0.4, 0.5) is 30.2 Å². The van der Waals surface area contributed by atoms with E-state index in [1.165, 1.54) is 0 Å². The van der Waals surface area contributed by atoms with E-state index in [1.54, 1.807) is 30.3 Å². The van der Waals surface area contributed by atoms with Gasteiger partial charge < -0.3 is 16.8 Å². The zero-order valence-corrected chi connectivity index (χ0v) is 10.7. The molecule has 7 heteroatoms. The van der Waals surface area contributed by atoms with Gasteiger partial charge in [-0.05, 0) is 24.3 Å². The minimum atomic E-state index is -4.62. The van der Waals surface area contributed by atoms with E-state index in [0.29, 0.717) is 5.69 Å². The molecule has 21 heavy (non-hydrogen) atoms. The van der Waals surface area contributed by atoms with Gasteiger partial charge in [0.15, 0.2) is 0 Å². The minimum Gasteiger partial charge on any atom is -0.397 e. The molecule has 2 aromatic carbocycles. The quantitative estimate of drug-likeness (QED) is 0.744. The Labute approximate surface area is 118 Å². The molecule has 0 unspecified atom stereocenters. The third kappa shape index (κ3) is 3.07. The van der Waals surface area contributed by atoms with Crippen LogP contribution in [0.1, 0.15) is 15.9 Å². The summed E-state index contributed by atoms with van der Waals surface area (Å²) in [5.41, 5.74) is 9.22. The lowest BCUT2D eigenvalue weighted by Crippen LogP contribution is -2.17. The summed E-state index contributed by atoms with van der Waals surface area (Å²) < 4.78 is 38.0. The van der Waals surface area contributed by atoms with Crippen LogP contribution in [0.2, 0.25) is 0 Å². The molecule has 0 atom stereocenters. The maximum absolute atomic E-state index is 12.7. The van der Waals surface area contributed by atoms with Crippen LogP contribution < -0.4 is 16.8 Å². The van der Waals surface area contributed by atoms with Gasteiger partial charge in [-0.3, -0.25) is 4.79 Å². The van der Waals surface area contributed by atoms with Crippen molar-refractivity contribution in [3.63, 3.8) is 0 Å². The number of nitrogen functional groups attached to an aromatic ring is 2. The number of para-hydroxylation sites is 1. The van der Waals surface area contributed by atoms with E-state index < -0.39 is 29.0 Å². The number of anilines is 3. The number of amides is 1. The first-order valence-electron chi connectivity index (χ1n) is 5.92. The lowest BCUT2D eigenvalue weighted by Gasteiger charge is -2.14. The molecule has 2 rings (SSSR count). The summed E-state index contributed by atoms with van der Waals surface area (Å²) in [6.07, 6.45) is -4.62. The molecule has 2 aromatic rings. The van der Waals surface area contributed by atoms with E-state index in [0.717, 1.165) is 12.1 Å². The van der Waals surface area contributed by atoms with Crippen molar-refractivity contribution in [1.82, 2.24) is 0 Å². The highest BCUT2D eigenvalue weighted by atomic mass is 19.4. The molecule has 0 aliphatic rings. The number of rotatable bonds is 2. The van der Waals surface area contributed by atoms with Crippen molar-refractivity contribution in [3.05, 3.63) is 53.6 Å².